The van der Waals surface area contributed by atoms with Crippen molar-refractivity contribution in [1.82, 2.24) is 0 Å². The van der Waals surface area contributed by atoms with Crippen LogP contribution in [0.4, 0.5) is 10.5 Å². The minimum Gasteiger partial charge on any atom is -0.368 e. The summed E-state index contributed by atoms with van der Waals surface area (Å²) in [6.07, 6.45) is -0.568. The standard InChI is InChI=1S/C10H8N2O6S.Na/c13-8-5-9(14)12(10(15)11-8)6-2-1-3-7(4-6)19(16,17)18;/h1-4H,5H2,(H2,11,13,15,16,17,18);/q;+1/p-1. The summed E-state index contributed by atoms with van der Waals surface area (Å²) < 4.78 is 30.8. The van der Waals surface area contributed by atoms with Gasteiger partial charge < -0.3 is 10.2 Å². The second-order valence-electron chi connectivity index (χ2n) is 3.67. The zero-order chi connectivity index (χ0) is 14.2. The second-order valence-corrected chi connectivity index (χ2v) is 5.09. The molecule has 1 aliphatic heterocycles. The molecule has 8 nitrogen and oxygen atoms in total. The van der Waals surface area contributed by atoms with Gasteiger partial charge in [-0.15, -0.1) is 0 Å². The molecule has 2 rings (SSSR count). The maximum atomic E-state index is 11.6. The van der Waals surface area contributed by atoms with Crippen molar-refractivity contribution in [1.29, 1.82) is 0 Å². The van der Waals surface area contributed by atoms with Crippen molar-refractivity contribution < 1.29 is 56.9 Å². The van der Waals surface area contributed by atoms with Gasteiger partial charge in [-0.2, -0.15) is 8.42 Å². The molecule has 0 bridgehead atoms. The maximum Gasteiger partial charge on any atom is 1.00 e. The fourth-order valence-electron chi connectivity index (χ4n) is 1.55. The van der Waals surface area contributed by atoms with Gasteiger partial charge in [-0.1, -0.05) is 12.1 Å². The molecule has 4 amide bonds. The molecular formula is C10H7N2NaO6S. The number of hydrogen-bond donors (Lipinski definition) is 1. The molecule has 0 radical (unpaired) electrons. The van der Waals surface area contributed by atoms with Crippen LogP contribution in [0.25, 0.3) is 5.32 Å². The summed E-state index contributed by atoms with van der Waals surface area (Å²) in [4.78, 5) is 34.1. The number of amides is 4. The third kappa shape index (κ3) is 3.44. The van der Waals surface area contributed by atoms with Gasteiger partial charge in [0.2, 0.25) is 0 Å². The van der Waals surface area contributed by atoms with Crippen LogP contribution in [-0.4, -0.2) is 30.8 Å². The topological polar surface area (TPSA) is 123 Å². The van der Waals surface area contributed by atoms with Gasteiger partial charge in [-0.3, -0.25) is 18.9 Å². The van der Waals surface area contributed by atoms with Crippen LogP contribution in [0, 0.1) is 0 Å². The molecule has 20 heavy (non-hydrogen) atoms. The first-order valence-corrected chi connectivity index (χ1v) is 6.42. The fraction of sp³-hybridized carbons (Fsp3) is 0.100. The molecule has 1 aromatic carbocycles. The van der Waals surface area contributed by atoms with E-state index in [9.17, 15) is 22.8 Å². The molecule has 1 saturated heterocycles. The van der Waals surface area contributed by atoms with E-state index in [1.807, 2.05) is 0 Å². The molecule has 0 unspecified atom stereocenters. The van der Waals surface area contributed by atoms with E-state index in [1.54, 1.807) is 0 Å². The first kappa shape index (κ1) is 16.8. The Kier molecular flexibility index (Phi) is 5.05. The number of nitrogens with zero attached hydrogens (tertiary/aromatic N) is 2. The molecule has 1 N–H and O–H groups in total. The molecule has 0 aliphatic carbocycles. The number of carbonyl (C=O) groups excluding carboxylic acids is 3. The maximum absolute atomic E-state index is 11.6. The predicted molar refractivity (Wildman–Crippen MR) is 62.1 cm³/mol. The molecule has 1 heterocycles. The third-order valence-corrected chi connectivity index (χ3v) is 3.19. The molecule has 10 heteroatoms. The minimum absolute atomic E-state index is 0. The van der Waals surface area contributed by atoms with Crippen LogP contribution < -0.4 is 34.5 Å². The zero-order valence-electron chi connectivity index (χ0n) is 10.3. The van der Waals surface area contributed by atoms with Gasteiger partial charge in [-0.25, -0.2) is 0 Å². The number of hydrogen-bond acceptors (Lipinski definition) is 5. The first-order valence-electron chi connectivity index (χ1n) is 4.98. The van der Waals surface area contributed by atoms with E-state index in [4.69, 9.17) is 4.55 Å². The van der Waals surface area contributed by atoms with Crippen molar-refractivity contribution in [2.24, 2.45) is 0 Å². The zero-order valence-corrected chi connectivity index (χ0v) is 13.1. The molecule has 0 spiro atoms. The van der Waals surface area contributed by atoms with Crippen molar-refractivity contribution in [3.05, 3.63) is 29.6 Å². The molecule has 0 atom stereocenters. The second kappa shape index (κ2) is 6.02. The van der Waals surface area contributed by atoms with E-state index < -0.39 is 39.3 Å². The smallest absolute Gasteiger partial charge is 0.368 e. The Morgan fingerprint density at radius 2 is 1.85 bits per heavy atom. The Morgan fingerprint density at radius 3 is 2.40 bits per heavy atom. The quantitative estimate of drug-likeness (QED) is 0.372. The SMILES string of the molecule is O=C1CC(=O)N(c2cccc(S(=O)(=O)O)c2)C(=O)[N-]1.[Na+]. The Labute approximate surface area is 136 Å². The summed E-state index contributed by atoms with van der Waals surface area (Å²) in [5, 5.41) is 3.10. The fourth-order valence-corrected chi connectivity index (χ4v) is 2.07. The molecule has 0 aromatic heterocycles. The molecule has 1 aromatic rings. The van der Waals surface area contributed by atoms with Gasteiger partial charge in [0.05, 0.1) is 11.3 Å². The van der Waals surface area contributed by atoms with Crippen molar-refractivity contribution in [2.45, 2.75) is 11.3 Å². The van der Waals surface area contributed by atoms with Crippen molar-refractivity contribution in [2.75, 3.05) is 4.90 Å². The molecular weight excluding hydrogens is 299 g/mol. The number of benzene rings is 1. The van der Waals surface area contributed by atoms with Gasteiger partial charge in [0.15, 0.2) is 17.8 Å². The average Bonchev–Trinajstić information content (AvgIpc) is 2.26. The molecule has 1 fully saturated rings. The Hall–Kier alpha value is -1.26. The number of anilines is 1. The van der Waals surface area contributed by atoms with Gasteiger partial charge in [0.25, 0.3) is 10.1 Å². The number of urea groups is 1. The van der Waals surface area contributed by atoms with Crippen LogP contribution in [-0.2, 0) is 19.7 Å². The van der Waals surface area contributed by atoms with Gasteiger partial charge >= 0.3 is 29.6 Å². The summed E-state index contributed by atoms with van der Waals surface area (Å²) in [7, 11) is -4.46. The Bertz CT molecular complexity index is 667. The van der Waals surface area contributed by atoms with E-state index in [0.29, 0.717) is 4.90 Å². The first-order chi connectivity index (χ1) is 8.79. The van der Waals surface area contributed by atoms with Gasteiger partial charge in [-0.05, 0) is 17.8 Å². The van der Waals surface area contributed by atoms with Crippen LogP contribution in [0.2, 0.25) is 0 Å². The van der Waals surface area contributed by atoms with Crippen LogP contribution in [0.15, 0.2) is 29.2 Å². The van der Waals surface area contributed by atoms with E-state index in [1.165, 1.54) is 12.1 Å². The van der Waals surface area contributed by atoms with E-state index in [0.717, 1.165) is 12.1 Å². The van der Waals surface area contributed by atoms with Crippen molar-refractivity contribution >= 4 is 33.7 Å². The van der Waals surface area contributed by atoms with Crippen molar-refractivity contribution in [3.63, 3.8) is 0 Å². The predicted octanol–water partition coefficient (Wildman–Crippen LogP) is -2.31. The van der Waals surface area contributed by atoms with Crippen LogP contribution in [0.5, 0.6) is 0 Å². The van der Waals surface area contributed by atoms with E-state index in [-0.39, 0.29) is 35.2 Å². The summed E-state index contributed by atoms with van der Waals surface area (Å²) in [5.41, 5.74) is -0.0821. The normalized spacial score (nSPS) is 15.7. The minimum atomic E-state index is -4.46. The Balaban J connectivity index is 0.00000200. The van der Waals surface area contributed by atoms with Crippen LogP contribution in [0.1, 0.15) is 6.42 Å². The number of carbonyl (C=O) groups is 3. The number of barbiturate groups is 1. The monoisotopic (exact) mass is 306 g/mol. The summed E-state index contributed by atoms with van der Waals surface area (Å²) >= 11 is 0. The van der Waals surface area contributed by atoms with Crippen LogP contribution in [0.3, 0.4) is 0 Å². The van der Waals surface area contributed by atoms with E-state index in [2.05, 4.69) is 5.32 Å². The van der Waals surface area contributed by atoms with Crippen LogP contribution >= 0.6 is 0 Å². The third-order valence-electron chi connectivity index (χ3n) is 2.34. The number of imide groups is 2. The molecule has 0 saturated carbocycles. The van der Waals surface area contributed by atoms with Crippen molar-refractivity contribution in [3.8, 4) is 0 Å². The Morgan fingerprint density at radius 1 is 1.20 bits per heavy atom. The summed E-state index contributed by atoms with van der Waals surface area (Å²) in [5.74, 6) is -1.66. The van der Waals surface area contributed by atoms with E-state index >= 15 is 0 Å². The van der Waals surface area contributed by atoms with Gasteiger partial charge in [0.1, 0.15) is 0 Å². The number of rotatable bonds is 2. The van der Waals surface area contributed by atoms with Gasteiger partial charge in [0, 0.05) is 0 Å². The largest absolute Gasteiger partial charge is 1.00 e. The summed E-state index contributed by atoms with van der Waals surface area (Å²) in [6.45, 7) is 0. The molecule has 100 valence electrons. The summed E-state index contributed by atoms with van der Waals surface area (Å²) in [6, 6.07) is 3.48. The molecule has 1 aliphatic rings. The average molecular weight is 306 g/mol.